The molecule has 0 saturated carbocycles. The van der Waals surface area contributed by atoms with Gasteiger partial charge in [0, 0.05) is 30.3 Å². The van der Waals surface area contributed by atoms with E-state index in [0.717, 1.165) is 19.3 Å². The van der Waals surface area contributed by atoms with Gasteiger partial charge < -0.3 is 5.32 Å². The molecule has 0 aliphatic heterocycles. The number of hydrogen-bond donors (Lipinski definition) is 1. The quantitative estimate of drug-likeness (QED) is 0.715. The van der Waals surface area contributed by atoms with E-state index < -0.39 is 10.0 Å². The van der Waals surface area contributed by atoms with Crippen LogP contribution in [0.5, 0.6) is 0 Å². The highest BCUT2D eigenvalue weighted by molar-refractivity contribution is 9.10. The summed E-state index contributed by atoms with van der Waals surface area (Å²) in [7, 11) is -3.53. The molecule has 21 heavy (non-hydrogen) atoms. The second-order valence-electron chi connectivity index (χ2n) is 4.78. The Morgan fingerprint density at radius 2 is 2.00 bits per heavy atom. The Kier molecular flexibility index (Phi) is 7.62. The molecule has 0 aliphatic carbocycles. The Morgan fingerprint density at radius 1 is 1.29 bits per heavy atom. The van der Waals surface area contributed by atoms with Crippen LogP contribution in [0.4, 0.5) is 5.82 Å². The minimum atomic E-state index is -3.53. The molecule has 1 rings (SSSR count). The molecule has 7 heteroatoms. The van der Waals surface area contributed by atoms with Crippen molar-refractivity contribution in [2.45, 2.75) is 44.9 Å². The van der Waals surface area contributed by atoms with Gasteiger partial charge in [0.25, 0.3) is 0 Å². The number of pyridine rings is 1. The van der Waals surface area contributed by atoms with E-state index in [0.29, 0.717) is 29.9 Å². The molecular weight excluding hydrogens is 354 g/mol. The van der Waals surface area contributed by atoms with Gasteiger partial charge in [-0.15, -0.1) is 0 Å². The van der Waals surface area contributed by atoms with Crippen molar-refractivity contribution in [3.63, 3.8) is 0 Å². The molecule has 0 unspecified atom stereocenters. The fourth-order valence-corrected chi connectivity index (χ4v) is 4.03. The lowest BCUT2D eigenvalue weighted by Crippen LogP contribution is -2.32. The molecule has 1 aromatic rings. The molecule has 1 N–H and O–H groups in total. The molecule has 5 nitrogen and oxygen atoms in total. The van der Waals surface area contributed by atoms with Gasteiger partial charge in [0.1, 0.15) is 10.7 Å². The van der Waals surface area contributed by atoms with Gasteiger partial charge in [-0.2, -0.15) is 4.31 Å². The second kappa shape index (κ2) is 8.70. The first kappa shape index (κ1) is 18.4. The second-order valence-corrected chi connectivity index (χ2v) is 7.60. The summed E-state index contributed by atoms with van der Waals surface area (Å²) < 4.78 is 27.8. The lowest BCUT2D eigenvalue weighted by Gasteiger charge is -2.22. The number of aromatic nitrogens is 1. The van der Waals surface area contributed by atoms with E-state index in [9.17, 15) is 8.42 Å². The van der Waals surface area contributed by atoms with Crippen molar-refractivity contribution in [3.05, 3.63) is 16.7 Å². The van der Waals surface area contributed by atoms with E-state index >= 15 is 0 Å². The van der Waals surface area contributed by atoms with Crippen molar-refractivity contribution < 1.29 is 8.42 Å². The predicted octanol–water partition coefficient (Wildman–Crippen LogP) is 3.48. The molecule has 0 atom stereocenters. The maximum absolute atomic E-state index is 12.8. The van der Waals surface area contributed by atoms with Crippen LogP contribution in [0.25, 0.3) is 0 Å². The Morgan fingerprint density at radius 3 is 2.57 bits per heavy atom. The standard InChI is InChI=1S/C14H24BrN3O2S/c1-4-7-9-18(6-3)21(19,20)13-10-12(15)11-17-14(13)16-8-5-2/h10-11H,4-9H2,1-3H3,(H,16,17). The fraction of sp³-hybridized carbons (Fsp3) is 0.643. The van der Waals surface area contributed by atoms with Gasteiger partial charge in [-0.25, -0.2) is 13.4 Å². The van der Waals surface area contributed by atoms with E-state index in [-0.39, 0.29) is 4.90 Å². The number of nitrogens with one attached hydrogen (secondary N) is 1. The van der Waals surface area contributed by atoms with Crippen LogP contribution in [-0.4, -0.2) is 37.3 Å². The summed E-state index contributed by atoms with van der Waals surface area (Å²) in [5, 5.41) is 3.09. The smallest absolute Gasteiger partial charge is 0.246 e. The van der Waals surface area contributed by atoms with Gasteiger partial charge in [-0.1, -0.05) is 27.2 Å². The van der Waals surface area contributed by atoms with Crippen LogP contribution >= 0.6 is 15.9 Å². The number of nitrogens with zero attached hydrogens (tertiary/aromatic N) is 2. The van der Waals surface area contributed by atoms with Crippen LogP contribution in [0.3, 0.4) is 0 Å². The van der Waals surface area contributed by atoms with Gasteiger partial charge in [-0.3, -0.25) is 0 Å². The number of halogens is 1. The molecule has 1 aromatic heterocycles. The van der Waals surface area contributed by atoms with Crippen LogP contribution in [0.15, 0.2) is 21.6 Å². The highest BCUT2D eigenvalue weighted by Gasteiger charge is 2.26. The van der Waals surface area contributed by atoms with E-state index in [1.54, 1.807) is 12.3 Å². The minimum Gasteiger partial charge on any atom is -0.369 e. The van der Waals surface area contributed by atoms with Gasteiger partial charge >= 0.3 is 0 Å². The summed E-state index contributed by atoms with van der Waals surface area (Å²) >= 11 is 3.31. The Labute approximate surface area is 136 Å². The third kappa shape index (κ3) is 4.93. The van der Waals surface area contributed by atoms with Crippen LogP contribution in [0.1, 0.15) is 40.0 Å². The molecule has 0 spiro atoms. The molecule has 0 bridgehead atoms. The summed E-state index contributed by atoms with van der Waals surface area (Å²) in [6.45, 7) is 7.63. The first-order chi connectivity index (χ1) is 9.97. The summed E-state index contributed by atoms with van der Waals surface area (Å²) in [4.78, 5) is 4.45. The molecule has 0 aliphatic rings. The maximum Gasteiger partial charge on any atom is 0.246 e. The highest BCUT2D eigenvalue weighted by atomic mass is 79.9. The number of unbranched alkanes of at least 4 members (excludes halogenated alkanes) is 1. The number of hydrogen-bond acceptors (Lipinski definition) is 4. The van der Waals surface area contributed by atoms with Crippen LogP contribution in [-0.2, 0) is 10.0 Å². The van der Waals surface area contributed by atoms with Gasteiger partial charge in [0.15, 0.2) is 0 Å². The topological polar surface area (TPSA) is 62.3 Å². The zero-order chi connectivity index (χ0) is 15.9. The largest absolute Gasteiger partial charge is 0.369 e. The van der Waals surface area contributed by atoms with Gasteiger partial charge in [-0.05, 0) is 34.8 Å². The van der Waals surface area contributed by atoms with Crippen LogP contribution in [0.2, 0.25) is 0 Å². The zero-order valence-electron chi connectivity index (χ0n) is 12.9. The van der Waals surface area contributed by atoms with E-state index in [1.165, 1.54) is 4.31 Å². The zero-order valence-corrected chi connectivity index (χ0v) is 15.3. The van der Waals surface area contributed by atoms with Crippen LogP contribution < -0.4 is 5.32 Å². The number of rotatable bonds is 9. The Bertz CT molecular complexity index is 549. The van der Waals surface area contributed by atoms with Crippen molar-refractivity contribution in [2.75, 3.05) is 25.0 Å². The van der Waals surface area contributed by atoms with Gasteiger partial charge in [0.05, 0.1) is 0 Å². The van der Waals surface area contributed by atoms with Crippen molar-refractivity contribution in [1.29, 1.82) is 0 Å². The van der Waals surface area contributed by atoms with Crippen LogP contribution in [0, 0.1) is 0 Å². The van der Waals surface area contributed by atoms with E-state index in [4.69, 9.17) is 0 Å². The van der Waals surface area contributed by atoms with Crippen molar-refractivity contribution in [3.8, 4) is 0 Å². The number of sulfonamides is 1. The van der Waals surface area contributed by atoms with Crippen molar-refractivity contribution >= 4 is 31.8 Å². The molecule has 0 radical (unpaired) electrons. The Balaban J connectivity index is 3.18. The first-order valence-corrected chi connectivity index (χ1v) is 9.60. The highest BCUT2D eigenvalue weighted by Crippen LogP contribution is 2.26. The molecule has 0 aromatic carbocycles. The fourth-order valence-electron chi connectivity index (χ4n) is 1.92. The average molecular weight is 378 g/mol. The summed E-state index contributed by atoms with van der Waals surface area (Å²) in [6.07, 6.45) is 4.33. The predicted molar refractivity (Wildman–Crippen MR) is 90.1 cm³/mol. The van der Waals surface area contributed by atoms with E-state index in [1.807, 2.05) is 13.8 Å². The summed E-state index contributed by atoms with van der Waals surface area (Å²) in [5.74, 6) is 0.426. The monoisotopic (exact) mass is 377 g/mol. The molecular formula is C14H24BrN3O2S. The molecule has 0 amide bonds. The first-order valence-electron chi connectivity index (χ1n) is 7.36. The molecule has 0 fully saturated rings. The summed E-state index contributed by atoms with van der Waals surface area (Å²) in [5.41, 5.74) is 0. The number of anilines is 1. The SMILES string of the molecule is CCCCN(CC)S(=O)(=O)c1cc(Br)cnc1NCCC. The normalized spacial score (nSPS) is 11.9. The molecule has 1 heterocycles. The van der Waals surface area contributed by atoms with Crippen molar-refractivity contribution in [2.24, 2.45) is 0 Å². The Hall–Kier alpha value is -0.660. The third-order valence-electron chi connectivity index (χ3n) is 3.09. The third-order valence-corrected chi connectivity index (χ3v) is 5.51. The van der Waals surface area contributed by atoms with Gasteiger partial charge in [0.2, 0.25) is 10.0 Å². The van der Waals surface area contributed by atoms with Crippen molar-refractivity contribution in [1.82, 2.24) is 9.29 Å². The maximum atomic E-state index is 12.8. The summed E-state index contributed by atoms with van der Waals surface area (Å²) in [6, 6.07) is 1.62. The minimum absolute atomic E-state index is 0.239. The van der Waals surface area contributed by atoms with E-state index in [2.05, 4.69) is 33.2 Å². The lowest BCUT2D eigenvalue weighted by atomic mass is 10.3. The lowest BCUT2D eigenvalue weighted by molar-refractivity contribution is 0.419. The molecule has 0 saturated heterocycles. The molecule has 120 valence electrons. The average Bonchev–Trinajstić information content (AvgIpc) is 2.46.